The van der Waals surface area contributed by atoms with Crippen molar-refractivity contribution in [2.24, 2.45) is 4.99 Å². The second kappa shape index (κ2) is 9.71. The van der Waals surface area contributed by atoms with Gasteiger partial charge in [0.15, 0.2) is 5.82 Å². The van der Waals surface area contributed by atoms with E-state index in [2.05, 4.69) is 28.6 Å². The molecule has 0 saturated heterocycles. The molecule has 158 valence electrons. The van der Waals surface area contributed by atoms with Crippen LogP contribution in [-0.2, 0) is 0 Å². The number of nitrogens with one attached hydrogen (secondary N) is 2. The van der Waals surface area contributed by atoms with Crippen molar-refractivity contribution in [2.75, 3.05) is 18.4 Å². The molecule has 0 bridgehead atoms. The highest BCUT2D eigenvalue weighted by atomic mass is 35.5. The number of aliphatic imine (C=N–C) groups is 1. The molecule has 0 unspecified atom stereocenters. The molecule has 0 aliphatic carbocycles. The first kappa shape index (κ1) is 21.0. The Bertz CT molecular complexity index is 1170. The Balaban J connectivity index is 1.74. The van der Waals surface area contributed by atoms with Gasteiger partial charge in [-0.2, -0.15) is 0 Å². The Hall–Kier alpha value is -3.25. The van der Waals surface area contributed by atoms with Crippen LogP contribution in [0.15, 0.2) is 53.5 Å². The summed E-state index contributed by atoms with van der Waals surface area (Å²) in [5, 5.41) is 7.70. The van der Waals surface area contributed by atoms with Crippen molar-refractivity contribution in [3.63, 3.8) is 0 Å². The van der Waals surface area contributed by atoms with Crippen molar-refractivity contribution in [2.45, 2.75) is 26.2 Å². The van der Waals surface area contributed by atoms with E-state index in [-0.39, 0.29) is 5.91 Å². The summed E-state index contributed by atoms with van der Waals surface area (Å²) in [5.41, 5.74) is 2.89. The van der Waals surface area contributed by atoms with Gasteiger partial charge in [0.05, 0.1) is 16.8 Å². The van der Waals surface area contributed by atoms with E-state index in [1.165, 1.54) is 0 Å². The average Bonchev–Trinajstić information content (AvgIpc) is 2.80. The zero-order valence-corrected chi connectivity index (χ0v) is 18.1. The maximum Gasteiger partial charge on any atom is 0.253 e. The zero-order valence-electron chi connectivity index (χ0n) is 17.4. The molecule has 6 nitrogen and oxygen atoms in total. The number of carbonyl (C=O) groups is 1. The second-order valence-corrected chi connectivity index (χ2v) is 7.76. The van der Waals surface area contributed by atoms with Crippen LogP contribution >= 0.6 is 11.6 Å². The molecule has 0 spiro atoms. The minimum Gasteiger partial charge on any atom is -0.352 e. The van der Waals surface area contributed by atoms with Crippen molar-refractivity contribution in [3.8, 4) is 0 Å². The molecule has 0 fully saturated rings. The van der Waals surface area contributed by atoms with Gasteiger partial charge in [0, 0.05) is 35.3 Å². The van der Waals surface area contributed by atoms with Crippen LogP contribution in [0.25, 0.3) is 16.5 Å². The molecule has 0 radical (unpaired) electrons. The van der Waals surface area contributed by atoms with Crippen LogP contribution in [0, 0.1) is 0 Å². The van der Waals surface area contributed by atoms with E-state index in [0.29, 0.717) is 34.5 Å². The van der Waals surface area contributed by atoms with E-state index >= 15 is 0 Å². The van der Waals surface area contributed by atoms with Gasteiger partial charge < -0.3 is 10.6 Å². The maximum atomic E-state index is 12.7. The molecule has 3 aromatic rings. The first-order chi connectivity index (χ1) is 15.2. The fraction of sp³-hybridized carbons (Fsp3) is 0.250. The van der Waals surface area contributed by atoms with Crippen molar-refractivity contribution in [1.82, 2.24) is 15.3 Å². The Morgan fingerprint density at radius 1 is 1.16 bits per heavy atom. The van der Waals surface area contributed by atoms with Crippen LogP contribution in [0.2, 0.25) is 5.02 Å². The van der Waals surface area contributed by atoms with Crippen molar-refractivity contribution in [1.29, 1.82) is 0 Å². The van der Waals surface area contributed by atoms with E-state index < -0.39 is 0 Å². The smallest absolute Gasteiger partial charge is 0.253 e. The number of anilines is 2. The molecule has 2 N–H and O–H groups in total. The van der Waals surface area contributed by atoms with Crippen LogP contribution in [-0.4, -0.2) is 35.2 Å². The number of carbonyl (C=O) groups excluding carboxylic acids is 1. The fourth-order valence-corrected chi connectivity index (χ4v) is 3.55. The quantitative estimate of drug-likeness (QED) is 0.488. The number of hydrogen-bond donors (Lipinski definition) is 2. The molecule has 1 aliphatic rings. The molecular formula is C24H24ClN5O. The number of nitrogens with zero attached hydrogens (tertiary/aromatic N) is 3. The van der Waals surface area contributed by atoms with Gasteiger partial charge in [0.1, 0.15) is 5.82 Å². The third kappa shape index (κ3) is 4.91. The summed E-state index contributed by atoms with van der Waals surface area (Å²) in [6.07, 6.45) is 6.71. The van der Waals surface area contributed by atoms with Crippen LogP contribution in [0.1, 0.15) is 42.4 Å². The number of para-hydroxylation sites is 1. The van der Waals surface area contributed by atoms with Gasteiger partial charge in [-0.15, -0.1) is 0 Å². The van der Waals surface area contributed by atoms with Gasteiger partial charge in [-0.1, -0.05) is 43.2 Å². The lowest BCUT2D eigenvalue weighted by atomic mass is 10.1. The summed E-state index contributed by atoms with van der Waals surface area (Å²) in [6, 6.07) is 12.9. The Morgan fingerprint density at radius 3 is 2.84 bits per heavy atom. The lowest BCUT2D eigenvalue weighted by Crippen LogP contribution is -2.25. The number of benzene rings is 2. The van der Waals surface area contributed by atoms with Crippen LogP contribution in [0.4, 0.5) is 11.5 Å². The molecule has 4 rings (SSSR count). The molecule has 1 amide bonds. The molecular weight excluding hydrogens is 410 g/mol. The fourth-order valence-electron chi connectivity index (χ4n) is 3.38. The van der Waals surface area contributed by atoms with Crippen molar-refractivity contribution in [3.05, 3.63) is 65.0 Å². The maximum absolute atomic E-state index is 12.7. The first-order valence-electron chi connectivity index (χ1n) is 10.5. The Morgan fingerprint density at radius 2 is 2.03 bits per heavy atom. The zero-order chi connectivity index (χ0) is 21.6. The summed E-state index contributed by atoms with van der Waals surface area (Å²) in [4.78, 5) is 26.5. The number of dihydropyridines is 1. The largest absolute Gasteiger partial charge is 0.352 e. The number of amides is 1. The monoisotopic (exact) mass is 433 g/mol. The number of unbranched alkanes of at least 4 members (excludes halogenated alkanes) is 1. The lowest BCUT2D eigenvalue weighted by Gasteiger charge is -2.15. The predicted molar refractivity (Wildman–Crippen MR) is 127 cm³/mol. The highest BCUT2D eigenvalue weighted by Gasteiger charge is 2.15. The average molecular weight is 434 g/mol. The van der Waals surface area contributed by atoms with Crippen LogP contribution < -0.4 is 10.6 Å². The number of allylic oxidation sites excluding steroid dienone is 1. The van der Waals surface area contributed by atoms with E-state index in [0.717, 1.165) is 42.3 Å². The number of fused-ring (bicyclic) bond motifs is 1. The topological polar surface area (TPSA) is 79.3 Å². The van der Waals surface area contributed by atoms with Gasteiger partial charge in [-0.05, 0) is 43.2 Å². The third-order valence-electron chi connectivity index (χ3n) is 5.01. The Labute approximate surface area is 186 Å². The van der Waals surface area contributed by atoms with Gasteiger partial charge >= 0.3 is 0 Å². The molecule has 1 aliphatic heterocycles. The minimum atomic E-state index is -0.115. The Kier molecular flexibility index (Phi) is 6.57. The molecule has 2 aromatic carbocycles. The SMILES string of the molecule is CCCCNC(=O)c1ccccc1Nc1nc(C2=CCCN=C2)nc2ccc(Cl)cc12. The third-order valence-corrected chi connectivity index (χ3v) is 5.24. The molecule has 31 heavy (non-hydrogen) atoms. The predicted octanol–water partition coefficient (Wildman–Crippen LogP) is 5.41. The van der Waals surface area contributed by atoms with Crippen LogP contribution in [0.3, 0.4) is 0 Å². The number of rotatable bonds is 7. The van der Waals surface area contributed by atoms with E-state index in [4.69, 9.17) is 21.6 Å². The molecule has 7 heteroatoms. The molecule has 0 atom stereocenters. The molecule has 1 aromatic heterocycles. The number of halogens is 1. The normalized spacial score (nSPS) is 13.2. The highest BCUT2D eigenvalue weighted by molar-refractivity contribution is 6.31. The lowest BCUT2D eigenvalue weighted by molar-refractivity contribution is 0.0954. The van der Waals surface area contributed by atoms with Gasteiger partial charge in [-0.3, -0.25) is 9.79 Å². The van der Waals surface area contributed by atoms with E-state index in [9.17, 15) is 4.79 Å². The van der Waals surface area contributed by atoms with Gasteiger partial charge in [0.25, 0.3) is 5.91 Å². The van der Waals surface area contributed by atoms with E-state index in [1.807, 2.05) is 36.4 Å². The first-order valence-corrected chi connectivity index (χ1v) is 10.9. The molecule has 0 saturated carbocycles. The van der Waals surface area contributed by atoms with Gasteiger partial charge in [0.2, 0.25) is 0 Å². The second-order valence-electron chi connectivity index (χ2n) is 7.32. The minimum absolute atomic E-state index is 0.115. The standard InChI is InChI=1S/C24H24ClN5O/c1-2-3-13-27-24(31)18-8-4-5-9-20(18)29-23-19-14-17(25)10-11-21(19)28-22(30-23)16-7-6-12-26-15-16/h4-5,7-11,14-15H,2-3,6,12-13H2,1H3,(H,27,31)(H,28,29,30). The summed E-state index contributed by atoms with van der Waals surface area (Å²) in [7, 11) is 0. The molecule has 2 heterocycles. The number of aromatic nitrogens is 2. The summed E-state index contributed by atoms with van der Waals surface area (Å²) in [5.74, 6) is 1.07. The summed E-state index contributed by atoms with van der Waals surface area (Å²) in [6.45, 7) is 3.52. The van der Waals surface area contributed by atoms with Gasteiger partial charge in [-0.25, -0.2) is 9.97 Å². The highest BCUT2D eigenvalue weighted by Crippen LogP contribution is 2.29. The van der Waals surface area contributed by atoms with E-state index in [1.54, 1.807) is 12.3 Å². The summed E-state index contributed by atoms with van der Waals surface area (Å²) >= 11 is 6.25. The van der Waals surface area contributed by atoms with Crippen molar-refractivity contribution >= 4 is 51.7 Å². The summed E-state index contributed by atoms with van der Waals surface area (Å²) < 4.78 is 0. The van der Waals surface area contributed by atoms with Crippen molar-refractivity contribution < 1.29 is 4.79 Å². The van der Waals surface area contributed by atoms with Crippen LogP contribution in [0.5, 0.6) is 0 Å². The number of hydrogen-bond acceptors (Lipinski definition) is 5.